The van der Waals surface area contributed by atoms with Gasteiger partial charge >= 0.3 is 0 Å². The van der Waals surface area contributed by atoms with E-state index in [1.54, 1.807) is 18.5 Å². The number of aryl methyl sites for hydroxylation is 2. The molecule has 114 valence electrons. The smallest absolute Gasteiger partial charge is 0.132 e. The van der Waals surface area contributed by atoms with E-state index >= 15 is 0 Å². The predicted octanol–water partition coefficient (Wildman–Crippen LogP) is 3.74. The fraction of sp³-hybridized carbons (Fsp3) is 0.167. The Hall–Kier alpha value is -2.64. The maximum absolute atomic E-state index is 6.21. The summed E-state index contributed by atoms with van der Waals surface area (Å²) in [6, 6.07) is 3.82. The Bertz CT molecular complexity index is 954. The molecular formula is C18H15ClN4. The lowest BCUT2D eigenvalue weighted by atomic mass is 10.1. The molecule has 0 aromatic carbocycles. The first-order valence-corrected chi connectivity index (χ1v) is 7.53. The Morgan fingerprint density at radius 3 is 2.52 bits per heavy atom. The molecule has 0 atom stereocenters. The van der Waals surface area contributed by atoms with Crippen LogP contribution >= 0.6 is 11.6 Å². The van der Waals surface area contributed by atoms with Gasteiger partial charge < -0.3 is 5.32 Å². The van der Waals surface area contributed by atoms with E-state index in [1.165, 1.54) is 0 Å². The lowest BCUT2D eigenvalue weighted by Gasteiger charge is -2.04. The number of anilines is 1. The van der Waals surface area contributed by atoms with E-state index in [1.807, 2.05) is 33.2 Å². The Morgan fingerprint density at radius 1 is 0.957 bits per heavy atom. The number of nitrogens with one attached hydrogen (secondary N) is 1. The van der Waals surface area contributed by atoms with Gasteiger partial charge in [-0.2, -0.15) is 0 Å². The number of hydrogen-bond acceptors (Lipinski definition) is 4. The first kappa shape index (κ1) is 15.3. The molecule has 3 heterocycles. The molecule has 5 heteroatoms. The number of hydrogen-bond donors (Lipinski definition) is 1. The maximum atomic E-state index is 6.21. The molecule has 3 aromatic heterocycles. The van der Waals surface area contributed by atoms with Crippen molar-refractivity contribution in [2.75, 3.05) is 12.4 Å². The van der Waals surface area contributed by atoms with E-state index in [9.17, 15) is 0 Å². The molecule has 0 bridgehead atoms. The van der Waals surface area contributed by atoms with Crippen LogP contribution in [0.15, 0.2) is 30.7 Å². The molecule has 1 N–H and O–H groups in total. The van der Waals surface area contributed by atoms with Gasteiger partial charge in [0.05, 0.1) is 22.5 Å². The molecular weight excluding hydrogens is 308 g/mol. The van der Waals surface area contributed by atoms with Crippen LogP contribution < -0.4 is 5.32 Å². The highest BCUT2D eigenvalue weighted by atomic mass is 35.5. The van der Waals surface area contributed by atoms with Gasteiger partial charge in [-0.3, -0.25) is 9.97 Å². The number of rotatable bonds is 1. The van der Waals surface area contributed by atoms with Crippen molar-refractivity contribution in [2.45, 2.75) is 13.8 Å². The molecule has 23 heavy (non-hydrogen) atoms. The molecule has 0 spiro atoms. The summed E-state index contributed by atoms with van der Waals surface area (Å²) in [4.78, 5) is 13.0. The van der Waals surface area contributed by atoms with E-state index in [2.05, 4.69) is 32.1 Å². The molecule has 3 aromatic rings. The van der Waals surface area contributed by atoms with Crippen molar-refractivity contribution in [1.82, 2.24) is 15.0 Å². The van der Waals surface area contributed by atoms with E-state index in [0.717, 1.165) is 33.4 Å². The van der Waals surface area contributed by atoms with E-state index in [0.29, 0.717) is 10.7 Å². The zero-order chi connectivity index (χ0) is 16.4. The van der Waals surface area contributed by atoms with Gasteiger partial charge in [0.2, 0.25) is 0 Å². The van der Waals surface area contributed by atoms with Crippen LogP contribution in [0.2, 0.25) is 5.02 Å². The van der Waals surface area contributed by atoms with Crippen molar-refractivity contribution in [3.63, 3.8) is 0 Å². The van der Waals surface area contributed by atoms with Crippen LogP contribution in [0.3, 0.4) is 0 Å². The third-order valence-electron chi connectivity index (χ3n) is 3.55. The molecule has 0 unspecified atom stereocenters. The summed E-state index contributed by atoms with van der Waals surface area (Å²) >= 11 is 6.21. The number of nitrogens with zero attached hydrogens (tertiary/aromatic N) is 3. The number of pyridine rings is 3. The van der Waals surface area contributed by atoms with Crippen LogP contribution in [0, 0.1) is 25.7 Å². The molecule has 0 aliphatic rings. The van der Waals surface area contributed by atoms with Crippen LogP contribution in [-0.2, 0) is 0 Å². The molecule has 0 radical (unpaired) electrons. The Kier molecular flexibility index (Phi) is 4.14. The van der Waals surface area contributed by atoms with Gasteiger partial charge in [0.25, 0.3) is 0 Å². The topological polar surface area (TPSA) is 50.7 Å². The van der Waals surface area contributed by atoms with E-state index in [-0.39, 0.29) is 0 Å². The highest BCUT2D eigenvalue weighted by Gasteiger charge is 2.05. The summed E-state index contributed by atoms with van der Waals surface area (Å²) in [5.41, 5.74) is 4.12. The first-order valence-electron chi connectivity index (χ1n) is 7.16. The largest absolute Gasteiger partial charge is 0.387 e. The lowest BCUT2D eigenvalue weighted by Crippen LogP contribution is -1.93. The van der Waals surface area contributed by atoms with Gasteiger partial charge in [-0.25, -0.2) is 4.98 Å². The first-order chi connectivity index (χ1) is 11.1. The normalized spacial score (nSPS) is 10.3. The van der Waals surface area contributed by atoms with Crippen LogP contribution in [0.25, 0.3) is 10.8 Å². The van der Waals surface area contributed by atoms with Crippen LogP contribution in [0.5, 0.6) is 0 Å². The highest BCUT2D eigenvalue weighted by Crippen LogP contribution is 2.21. The monoisotopic (exact) mass is 322 g/mol. The van der Waals surface area contributed by atoms with Gasteiger partial charge in [0.15, 0.2) is 0 Å². The molecule has 0 aliphatic carbocycles. The van der Waals surface area contributed by atoms with Crippen molar-refractivity contribution < 1.29 is 0 Å². The van der Waals surface area contributed by atoms with E-state index < -0.39 is 0 Å². The van der Waals surface area contributed by atoms with Crippen LogP contribution in [-0.4, -0.2) is 22.0 Å². The molecule has 0 saturated carbocycles. The summed E-state index contributed by atoms with van der Waals surface area (Å²) in [6.07, 6.45) is 5.32. The minimum Gasteiger partial charge on any atom is -0.387 e. The van der Waals surface area contributed by atoms with Gasteiger partial charge in [0.1, 0.15) is 5.69 Å². The Balaban J connectivity index is 2.10. The fourth-order valence-corrected chi connectivity index (χ4v) is 2.48. The SMILES string of the molecule is CNc1cnc(C#Cc2cnc(C)c3cnc(C)cc23)c(Cl)c1. The summed E-state index contributed by atoms with van der Waals surface area (Å²) in [5, 5.41) is 5.56. The molecule has 0 amide bonds. The number of halogens is 1. The average molecular weight is 323 g/mol. The van der Waals surface area contributed by atoms with Gasteiger partial charge in [-0.05, 0) is 31.9 Å². The summed E-state index contributed by atoms with van der Waals surface area (Å²) in [6.45, 7) is 3.92. The third kappa shape index (κ3) is 3.10. The second kappa shape index (κ2) is 6.23. The molecule has 4 nitrogen and oxygen atoms in total. The second-order valence-electron chi connectivity index (χ2n) is 5.18. The number of aromatic nitrogens is 3. The lowest BCUT2D eigenvalue weighted by molar-refractivity contribution is 1.18. The van der Waals surface area contributed by atoms with Crippen LogP contribution in [0.4, 0.5) is 5.69 Å². The molecule has 3 rings (SSSR count). The molecule has 0 saturated heterocycles. The van der Waals surface area contributed by atoms with E-state index in [4.69, 9.17) is 11.6 Å². The third-order valence-corrected chi connectivity index (χ3v) is 3.84. The highest BCUT2D eigenvalue weighted by molar-refractivity contribution is 6.31. The fourth-order valence-electron chi connectivity index (χ4n) is 2.26. The summed E-state index contributed by atoms with van der Waals surface area (Å²) < 4.78 is 0. The van der Waals surface area contributed by atoms with Crippen molar-refractivity contribution in [1.29, 1.82) is 0 Å². The van der Waals surface area contributed by atoms with Crippen molar-refractivity contribution in [3.8, 4) is 11.8 Å². The minimum atomic E-state index is 0.520. The maximum Gasteiger partial charge on any atom is 0.132 e. The Morgan fingerprint density at radius 2 is 1.78 bits per heavy atom. The van der Waals surface area contributed by atoms with Crippen LogP contribution in [0.1, 0.15) is 22.6 Å². The quantitative estimate of drug-likeness (QED) is 0.693. The summed E-state index contributed by atoms with van der Waals surface area (Å²) in [7, 11) is 1.82. The minimum absolute atomic E-state index is 0.520. The molecule has 0 fully saturated rings. The van der Waals surface area contributed by atoms with Crippen molar-refractivity contribution in [3.05, 3.63) is 58.4 Å². The number of fused-ring (bicyclic) bond motifs is 1. The zero-order valence-corrected chi connectivity index (χ0v) is 13.9. The van der Waals surface area contributed by atoms with Gasteiger partial charge in [-0.1, -0.05) is 17.5 Å². The molecule has 0 aliphatic heterocycles. The van der Waals surface area contributed by atoms with Crippen molar-refractivity contribution in [2.24, 2.45) is 0 Å². The van der Waals surface area contributed by atoms with Gasteiger partial charge in [0, 0.05) is 41.6 Å². The second-order valence-corrected chi connectivity index (χ2v) is 5.59. The average Bonchev–Trinajstić information content (AvgIpc) is 2.55. The predicted molar refractivity (Wildman–Crippen MR) is 93.8 cm³/mol. The van der Waals surface area contributed by atoms with Gasteiger partial charge in [-0.15, -0.1) is 0 Å². The van der Waals surface area contributed by atoms with Crippen molar-refractivity contribution >= 4 is 28.1 Å². The summed E-state index contributed by atoms with van der Waals surface area (Å²) in [5.74, 6) is 6.16. The standard InChI is InChI=1S/C18H15ClN4/c1-11-6-15-13(8-22-12(2)16(15)10-21-11)4-5-18-17(19)7-14(20-3)9-23-18/h6-10,20H,1-3H3. The zero-order valence-electron chi connectivity index (χ0n) is 13.1. The Labute approximate surface area is 140 Å².